The van der Waals surface area contributed by atoms with E-state index in [1.807, 2.05) is 25.1 Å². The molecule has 0 bridgehead atoms. The number of anilines is 1. The molecule has 4 aromatic rings. The summed E-state index contributed by atoms with van der Waals surface area (Å²) >= 11 is 6.01. The number of pyridine rings is 1. The van der Waals surface area contributed by atoms with E-state index in [1.54, 1.807) is 31.6 Å². The molecule has 3 aromatic heterocycles. The molecule has 0 unspecified atom stereocenters. The van der Waals surface area contributed by atoms with Gasteiger partial charge in [0.1, 0.15) is 0 Å². The van der Waals surface area contributed by atoms with Crippen molar-refractivity contribution in [2.75, 3.05) is 12.4 Å². The topological polar surface area (TPSA) is 89.2 Å². The highest BCUT2D eigenvalue weighted by Gasteiger charge is 2.29. The molecule has 28 heavy (non-hydrogen) atoms. The summed E-state index contributed by atoms with van der Waals surface area (Å²) in [5, 5.41) is 7.68. The van der Waals surface area contributed by atoms with Crippen molar-refractivity contribution in [2.45, 2.75) is 16.7 Å². The van der Waals surface area contributed by atoms with Crippen molar-refractivity contribution in [3.8, 4) is 11.3 Å². The molecule has 1 aromatic carbocycles. The molecule has 9 heteroatoms. The van der Waals surface area contributed by atoms with Gasteiger partial charge in [-0.05, 0) is 43.3 Å². The van der Waals surface area contributed by atoms with Crippen molar-refractivity contribution in [3.63, 3.8) is 0 Å². The van der Waals surface area contributed by atoms with Crippen molar-refractivity contribution in [2.24, 2.45) is 0 Å². The standard InChI is InChI=1S/C19H16ClN5O2S/c1-12-9-16(13-5-4-8-22-11-13)25-19(23-12)17(18(21-2)24-25)28(26,27)15-7-3-6-14(20)10-15/h3-11H,1-2H3,(H,21,24). The van der Waals surface area contributed by atoms with Gasteiger partial charge in [-0.1, -0.05) is 17.7 Å². The van der Waals surface area contributed by atoms with Gasteiger partial charge in [0.2, 0.25) is 9.84 Å². The van der Waals surface area contributed by atoms with E-state index in [0.717, 1.165) is 5.56 Å². The Balaban J connectivity index is 2.06. The summed E-state index contributed by atoms with van der Waals surface area (Å²) in [5.41, 5.74) is 2.40. The van der Waals surface area contributed by atoms with Crippen molar-refractivity contribution >= 4 is 32.9 Å². The maximum absolute atomic E-state index is 13.4. The Morgan fingerprint density at radius 1 is 1.14 bits per heavy atom. The Labute approximate surface area is 166 Å². The SMILES string of the molecule is CNc1nn2c(-c3cccnc3)cc(C)nc2c1S(=O)(=O)c1cccc(Cl)c1. The van der Waals surface area contributed by atoms with E-state index in [-0.39, 0.29) is 21.3 Å². The molecular weight excluding hydrogens is 398 g/mol. The van der Waals surface area contributed by atoms with Gasteiger partial charge in [-0.2, -0.15) is 0 Å². The number of benzene rings is 1. The Hall–Kier alpha value is -2.97. The molecule has 1 N–H and O–H groups in total. The fourth-order valence-electron chi connectivity index (χ4n) is 3.00. The number of aryl methyl sites for hydroxylation is 1. The van der Waals surface area contributed by atoms with E-state index in [4.69, 9.17) is 11.6 Å². The van der Waals surface area contributed by atoms with Crippen LogP contribution in [-0.4, -0.2) is 35.0 Å². The lowest BCUT2D eigenvalue weighted by atomic mass is 10.2. The minimum absolute atomic E-state index is 0.00565. The first-order chi connectivity index (χ1) is 13.4. The zero-order valence-electron chi connectivity index (χ0n) is 15.1. The summed E-state index contributed by atoms with van der Waals surface area (Å²) in [6.45, 7) is 1.81. The van der Waals surface area contributed by atoms with Crippen LogP contribution < -0.4 is 5.32 Å². The second-order valence-corrected chi connectivity index (χ2v) is 8.47. The maximum Gasteiger partial charge on any atom is 0.214 e. The van der Waals surface area contributed by atoms with Crippen LogP contribution in [0.15, 0.2) is 64.6 Å². The predicted octanol–water partition coefficient (Wildman–Crippen LogP) is 3.63. The van der Waals surface area contributed by atoms with Gasteiger partial charge in [-0.15, -0.1) is 5.10 Å². The van der Waals surface area contributed by atoms with E-state index in [1.165, 1.54) is 16.6 Å². The summed E-state index contributed by atoms with van der Waals surface area (Å²) < 4.78 is 28.3. The van der Waals surface area contributed by atoms with E-state index >= 15 is 0 Å². The van der Waals surface area contributed by atoms with Gasteiger partial charge in [-0.3, -0.25) is 4.98 Å². The van der Waals surface area contributed by atoms with Crippen LogP contribution in [0.4, 0.5) is 5.82 Å². The molecule has 0 atom stereocenters. The first-order valence-electron chi connectivity index (χ1n) is 8.41. The summed E-state index contributed by atoms with van der Waals surface area (Å²) in [7, 11) is -2.29. The van der Waals surface area contributed by atoms with Gasteiger partial charge in [0, 0.05) is 35.7 Å². The number of nitrogens with zero attached hydrogens (tertiary/aromatic N) is 4. The first kappa shape index (κ1) is 18.4. The van der Waals surface area contributed by atoms with Crippen LogP contribution in [0, 0.1) is 6.92 Å². The summed E-state index contributed by atoms with van der Waals surface area (Å²) in [6.07, 6.45) is 3.37. The van der Waals surface area contributed by atoms with Crippen molar-refractivity contribution < 1.29 is 8.42 Å². The van der Waals surface area contributed by atoms with Crippen LogP contribution in [0.2, 0.25) is 5.02 Å². The quantitative estimate of drug-likeness (QED) is 0.549. The lowest BCUT2D eigenvalue weighted by Crippen LogP contribution is -2.06. The lowest BCUT2D eigenvalue weighted by molar-refractivity contribution is 0.597. The minimum Gasteiger partial charge on any atom is -0.370 e. The molecule has 0 amide bonds. The number of rotatable bonds is 4. The molecule has 0 saturated carbocycles. The van der Waals surface area contributed by atoms with E-state index in [0.29, 0.717) is 16.4 Å². The zero-order chi connectivity index (χ0) is 19.9. The lowest BCUT2D eigenvalue weighted by Gasteiger charge is -2.07. The molecule has 7 nitrogen and oxygen atoms in total. The summed E-state index contributed by atoms with van der Waals surface area (Å²) in [5.74, 6) is 0.211. The van der Waals surface area contributed by atoms with E-state index < -0.39 is 9.84 Å². The van der Waals surface area contributed by atoms with Crippen LogP contribution in [-0.2, 0) is 9.84 Å². The number of fused-ring (bicyclic) bond motifs is 1. The fourth-order valence-corrected chi connectivity index (χ4v) is 4.80. The van der Waals surface area contributed by atoms with Crippen LogP contribution in [0.25, 0.3) is 16.9 Å². The molecule has 0 aliphatic rings. The number of nitrogens with one attached hydrogen (secondary N) is 1. The van der Waals surface area contributed by atoms with Gasteiger partial charge in [-0.25, -0.2) is 17.9 Å². The zero-order valence-corrected chi connectivity index (χ0v) is 16.7. The first-order valence-corrected chi connectivity index (χ1v) is 10.3. The number of aromatic nitrogens is 4. The van der Waals surface area contributed by atoms with Crippen molar-refractivity contribution in [1.82, 2.24) is 19.6 Å². The second-order valence-electron chi connectivity index (χ2n) is 6.15. The molecule has 0 saturated heterocycles. The maximum atomic E-state index is 13.4. The van der Waals surface area contributed by atoms with E-state index in [9.17, 15) is 8.42 Å². The molecule has 0 aliphatic carbocycles. The largest absolute Gasteiger partial charge is 0.370 e. The minimum atomic E-state index is -3.91. The third-order valence-electron chi connectivity index (χ3n) is 4.24. The second kappa shape index (κ2) is 6.88. The summed E-state index contributed by atoms with van der Waals surface area (Å²) in [6, 6.07) is 11.7. The van der Waals surface area contributed by atoms with Gasteiger partial charge >= 0.3 is 0 Å². The average Bonchev–Trinajstić information content (AvgIpc) is 3.07. The number of sulfone groups is 1. The third kappa shape index (κ3) is 3.00. The third-order valence-corrected chi connectivity index (χ3v) is 6.27. The fraction of sp³-hybridized carbons (Fsp3) is 0.105. The molecule has 3 heterocycles. The van der Waals surface area contributed by atoms with Crippen LogP contribution >= 0.6 is 11.6 Å². The van der Waals surface area contributed by atoms with Gasteiger partial charge in [0.15, 0.2) is 16.4 Å². The van der Waals surface area contributed by atoms with Gasteiger partial charge in [0.25, 0.3) is 0 Å². The van der Waals surface area contributed by atoms with Gasteiger partial charge < -0.3 is 5.32 Å². The Bertz CT molecular complexity index is 1290. The highest BCUT2D eigenvalue weighted by atomic mass is 35.5. The number of hydrogen-bond donors (Lipinski definition) is 1. The molecule has 0 radical (unpaired) electrons. The average molecular weight is 414 g/mol. The Kier molecular flexibility index (Phi) is 4.52. The normalized spacial score (nSPS) is 11.7. The monoisotopic (exact) mass is 413 g/mol. The number of halogens is 1. The molecule has 0 spiro atoms. The van der Waals surface area contributed by atoms with Crippen LogP contribution in [0.1, 0.15) is 5.69 Å². The Morgan fingerprint density at radius 3 is 2.64 bits per heavy atom. The highest BCUT2D eigenvalue weighted by molar-refractivity contribution is 7.91. The molecule has 0 aliphatic heterocycles. The van der Waals surface area contributed by atoms with E-state index in [2.05, 4.69) is 20.4 Å². The van der Waals surface area contributed by atoms with Crippen molar-refractivity contribution in [1.29, 1.82) is 0 Å². The number of hydrogen-bond acceptors (Lipinski definition) is 6. The van der Waals surface area contributed by atoms with Crippen molar-refractivity contribution in [3.05, 3.63) is 65.6 Å². The van der Waals surface area contributed by atoms with Crippen LogP contribution in [0.5, 0.6) is 0 Å². The summed E-state index contributed by atoms with van der Waals surface area (Å²) in [4.78, 5) is 8.70. The predicted molar refractivity (Wildman–Crippen MR) is 107 cm³/mol. The smallest absolute Gasteiger partial charge is 0.214 e. The molecule has 0 fully saturated rings. The van der Waals surface area contributed by atoms with Crippen LogP contribution in [0.3, 0.4) is 0 Å². The Morgan fingerprint density at radius 2 is 1.96 bits per heavy atom. The molecule has 142 valence electrons. The van der Waals surface area contributed by atoms with Gasteiger partial charge in [0.05, 0.1) is 10.6 Å². The molecule has 4 rings (SSSR count). The molecular formula is C19H16ClN5O2S. The highest BCUT2D eigenvalue weighted by Crippen LogP contribution is 2.33.